The Morgan fingerprint density at radius 2 is 2.26 bits per heavy atom. The zero-order valence-corrected chi connectivity index (χ0v) is 13.5. The van der Waals surface area contributed by atoms with Crippen LogP contribution in [0.3, 0.4) is 0 Å². The van der Waals surface area contributed by atoms with Crippen molar-refractivity contribution in [1.82, 2.24) is 0 Å². The minimum Gasteiger partial charge on any atom is -0.478 e. The summed E-state index contributed by atoms with van der Waals surface area (Å²) in [5, 5.41) is 9.05. The predicted octanol–water partition coefficient (Wildman–Crippen LogP) is 4.35. The Hall–Kier alpha value is -2.62. The fourth-order valence-corrected chi connectivity index (χ4v) is 2.22. The summed E-state index contributed by atoms with van der Waals surface area (Å²) in [6.07, 6.45) is 10.2. The van der Waals surface area contributed by atoms with E-state index in [1.54, 1.807) is 30.5 Å². The van der Waals surface area contributed by atoms with Gasteiger partial charge in [-0.2, -0.15) is 0 Å². The van der Waals surface area contributed by atoms with Gasteiger partial charge in [-0.15, -0.1) is 0 Å². The van der Waals surface area contributed by atoms with E-state index in [9.17, 15) is 4.79 Å². The highest BCUT2D eigenvalue weighted by Gasteiger charge is 2.14. The molecule has 0 radical (unpaired) electrons. The molecule has 120 valence electrons. The first-order valence-corrected chi connectivity index (χ1v) is 7.72. The van der Waals surface area contributed by atoms with Gasteiger partial charge >= 0.3 is 5.97 Å². The number of benzene rings is 1. The lowest BCUT2D eigenvalue weighted by molar-refractivity contribution is 0.0697. The maximum Gasteiger partial charge on any atom is 0.335 e. The lowest BCUT2D eigenvalue weighted by atomic mass is 10.1. The third-order valence-corrected chi connectivity index (χ3v) is 3.49. The van der Waals surface area contributed by atoms with Gasteiger partial charge in [-0.3, -0.25) is 0 Å². The molecule has 23 heavy (non-hydrogen) atoms. The van der Waals surface area contributed by atoms with Gasteiger partial charge < -0.3 is 9.84 Å². The highest BCUT2D eigenvalue weighted by molar-refractivity contribution is 5.98. The second-order valence-electron chi connectivity index (χ2n) is 5.20. The minimum absolute atomic E-state index is 0.222. The quantitative estimate of drug-likeness (QED) is 0.795. The summed E-state index contributed by atoms with van der Waals surface area (Å²) in [6.45, 7) is 4.55. The molecule has 0 bridgehead atoms. The van der Waals surface area contributed by atoms with Crippen molar-refractivity contribution in [2.75, 3.05) is 6.61 Å². The number of allylic oxidation sites excluding steroid dienone is 3. The lowest BCUT2D eigenvalue weighted by Crippen LogP contribution is -2.14. The molecule has 1 N–H and O–H groups in total. The number of hydrogen-bond acceptors (Lipinski definition) is 3. The number of ether oxygens (including phenoxy) is 1. The SMILES string of the molecule is C/C=C(\C=C/CCC)C1=CN=C(c2cccc(C(=O)O)c2)OC1. The number of carbonyl (C=O) groups is 1. The standard InChI is InChI=1S/C19H21NO3/c1-3-5-6-8-14(4-2)17-12-20-18(23-13-17)15-9-7-10-16(11-15)19(21)22/h4,6-12H,3,5,13H2,1-2H3,(H,21,22)/b8-6-,14-4+. The number of hydrogen-bond donors (Lipinski definition) is 1. The smallest absolute Gasteiger partial charge is 0.335 e. The highest BCUT2D eigenvalue weighted by Crippen LogP contribution is 2.19. The monoisotopic (exact) mass is 311 g/mol. The van der Waals surface area contributed by atoms with E-state index < -0.39 is 5.97 Å². The van der Waals surface area contributed by atoms with Gasteiger partial charge in [0.25, 0.3) is 0 Å². The molecule has 0 atom stereocenters. The van der Waals surface area contributed by atoms with Crippen molar-refractivity contribution in [2.24, 2.45) is 4.99 Å². The number of carboxylic acids is 1. The van der Waals surface area contributed by atoms with Gasteiger partial charge in [0, 0.05) is 17.3 Å². The van der Waals surface area contributed by atoms with Crippen LogP contribution < -0.4 is 0 Å². The van der Waals surface area contributed by atoms with Crippen molar-refractivity contribution < 1.29 is 14.6 Å². The number of rotatable bonds is 6. The lowest BCUT2D eigenvalue weighted by Gasteiger charge is -2.16. The van der Waals surface area contributed by atoms with Crippen LogP contribution in [0.5, 0.6) is 0 Å². The molecule has 0 fully saturated rings. The fraction of sp³-hybridized carbons (Fsp3) is 0.263. The van der Waals surface area contributed by atoms with Crippen LogP contribution in [0, 0.1) is 0 Å². The van der Waals surface area contributed by atoms with Crippen LogP contribution in [0.15, 0.2) is 64.8 Å². The first-order valence-electron chi connectivity index (χ1n) is 7.72. The Labute approximate surface area is 136 Å². The first kappa shape index (κ1) is 16.7. The molecule has 1 heterocycles. The Morgan fingerprint density at radius 3 is 2.87 bits per heavy atom. The summed E-state index contributed by atoms with van der Waals surface area (Å²) in [5.41, 5.74) is 3.00. The molecule has 0 spiro atoms. The van der Waals surface area contributed by atoms with Crippen LogP contribution in [0.2, 0.25) is 0 Å². The van der Waals surface area contributed by atoms with Crippen LogP contribution in [-0.2, 0) is 4.74 Å². The van der Waals surface area contributed by atoms with Crippen LogP contribution in [0.25, 0.3) is 0 Å². The largest absolute Gasteiger partial charge is 0.478 e. The number of nitrogens with zero attached hydrogens (tertiary/aromatic N) is 1. The topological polar surface area (TPSA) is 58.9 Å². The van der Waals surface area contributed by atoms with Crippen molar-refractivity contribution in [3.63, 3.8) is 0 Å². The average Bonchev–Trinajstić information content (AvgIpc) is 2.59. The Bertz CT molecular complexity index is 696. The minimum atomic E-state index is -0.961. The maximum absolute atomic E-state index is 11.0. The van der Waals surface area contributed by atoms with Gasteiger partial charge in [-0.25, -0.2) is 9.79 Å². The van der Waals surface area contributed by atoms with E-state index in [0.717, 1.165) is 24.0 Å². The highest BCUT2D eigenvalue weighted by atomic mass is 16.5. The van der Waals surface area contributed by atoms with Gasteiger partial charge in [0.1, 0.15) is 6.61 Å². The number of aromatic carboxylic acids is 1. The van der Waals surface area contributed by atoms with E-state index in [1.807, 2.05) is 13.0 Å². The summed E-state index contributed by atoms with van der Waals surface area (Å²) >= 11 is 0. The normalized spacial score (nSPS) is 15.1. The maximum atomic E-state index is 11.0. The van der Waals surface area contributed by atoms with Crippen molar-refractivity contribution >= 4 is 11.9 Å². The summed E-state index contributed by atoms with van der Waals surface area (Å²) in [7, 11) is 0. The van der Waals surface area contributed by atoms with Crippen molar-refractivity contribution in [3.8, 4) is 0 Å². The van der Waals surface area contributed by atoms with Crippen LogP contribution in [0.4, 0.5) is 0 Å². The fourth-order valence-electron chi connectivity index (χ4n) is 2.22. The molecule has 0 saturated heterocycles. The van der Waals surface area contributed by atoms with E-state index in [4.69, 9.17) is 9.84 Å². The third kappa shape index (κ3) is 4.42. The molecular formula is C19H21NO3. The van der Waals surface area contributed by atoms with E-state index in [-0.39, 0.29) is 5.56 Å². The van der Waals surface area contributed by atoms with E-state index in [0.29, 0.717) is 18.1 Å². The molecule has 0 aromatic heterocycles. The molecule has 1 aliphatic rings. The van der Waals surface area contributed by atoms with Gasteiger partial charge in [-0.05, 0) is 37.1 Å². The van der Waals surface area contributed by atoms with Crippen LogP contribution in [-0.4, -0.2) is 23.6 Å². The van der Waals surface area contributed by atoms with Crippen LogP contribution in [0.1, 0.15) is 42.6 Å². The molecule has 0 amide bonds. The molecule has 4 nitrogen and oxygen atoms in total. The van der Waals surface area contributed by atoms with Crippen molar-refractivity contribution in [1.29, 1.82) is 0 Å². The number of unbranched alkanes of at least 4 members (excludes halogenated alkanes) is 1. The Kier molecular flexibility index (Phi) is 5.92. The Morgan fingerprint density at radius 1 is 1.43 bits per heavy atom. The Balaban J connectivity index is 2.20. The number of aliphatic imine (C=N–C) groups is 1. The van der Waals surface area contributed by atoms with Gasteiger partial charge in [0.15, 0.2) is 0 Å². The molecule has 0 aliphatic carbocycles. The zero-order chi connectivity index (χ0) is 16.7. The van der Waals surface area contributed by atoms with Crippen molar-refractivity contribution in [2.45, 2.75) is 26.7 Å². The molecular weight excluding hydrogens is 290 g/mol. The molecule has 0 saturated carbocycles. The first-order chi connectivity index (χ1) is 11.2. The molecule has 1 aliphatic heterocycles. The molecule has 4 heteroatoms. The zero-order valence-electron chi connectivity index (χ0n) is 13.5. The summed E-state index contributed by atoms with van der Waals surface area (Å²) < 4.78 is 5.71. The third-order valence-electron chi connectivity index (χ3n) is 3.49. The van der Waals surface area contributed by atoms with Crippen LogP contribution >= 0.6 is 0 Å². The van der Waals surface area contributed by atoms with E-state index >= 15 is 0 Å². The summed E-state index contributed by atoms with van der Waals surface area (Å²) in [5.74, 6) is -0.512. The van der Waals surface area contributed by atoms with E-state index in [1.165, 1.54) is 0 Å². The molecule has 2 rings (SSSR count). The summed E-state index contributed by atoms with van der Waals surface area (Å²) in [6, 6.07) is 6.60. The second kappa shape index (κ2) is 8.13. The second-order valence-corrected chi connectivity index (χ2v) is 5.20. The van der Waals surface area contributed by atoms with Gasteiger partial charge in [-0.1, -0.05) is 37.6 Å². The average molecular weight is 311 g/mol. The van der Waals surface area contributed by atoms with Crippen molar-refractivity contribution in [3.05, 3.63) is 71.0 Å². The van der Waals surface area contributed by atoms with Gasteiger partial charge in [0.05, 0.1) is 5.56 Å². The molecule has 1 aromatic rings. The van der Waals surface area contributed by atoms with E-state index in [2.05, 4.69) is 24.1 Å². The molecule has 1 aromatic carbocycles. The van der Waals surface area contributed by atoms with Gasteiger partial charge in [0.2, 0.25) is 5.90 Å². The molecule has 0 unspecified atom stereocenters. The number of carboxylic acid groups (broad SMARTS) is 1. The summed E-state index contributed by atoms with van der Waals surface area (Å²) in [4.78, 5) is 15.4. The predicted molar refractivity (Wildman–Crippen MR) is 91.8 cm³/mol.